The van der Waals surface area contributed by atoms with Crippen molar-refractivity contribution in [3.8, 4) is 0 Å². The van der Waals surface area contributed by atoms with Gasteiger partial charge in [-0.2, -0.15) is 0 Å². The van der Waals surface area contributed by atoms with Gasteiger partial charge in [-0.3, -0.25) is 4.79 Å². The van der Waals surface area contributed by atoms with E-state index in [4.69, 9.17) is 0 Å². The van der Waals surface area contributed by atoms with E-state index in [9.17, 15) is 4.79 Å². The van der Waals surface area contributed by atoms with Crippen molar-refractivity contribution in [2.75, 3.05) is 13.6 Å². The number of amides is 1. The van der Waals surface area contributed by atoms with E-state index in [0.29, 0.717) is 6.54 Å². The van der Waals surface area contributed by atoms with Crippen LogP contribution in [0.25, 0.3) is 0 Å². The predicted molar refractivity (Wildman–Crippen MR) is 43.6 cm³/mol. The third kappa shape index (κ3) is 4.09. The first-order valence-corrected chi connectivity index (χ1v) is 3.28. The van der Waals surface area contributed by atoms with E-state index in [-0.39, 0.29) is 7.33 Å². The molecule has 0 aliphatic carbocycles. The lowest BCUT2D eigenvalue weighted by Gasteiger charge is -2.05. The second kappa shape index (κ2) is 4.99. The zero-order valence-electron chi connectivity index (χ0n) is 6.69. The van der Waals surface area contributed by atoms with Gasteiger partial charge in [0.2, 0.25) is 5.91 Å². The highest BCUT2D eigenvalue weighted by atomic mass is 16.1. The van der Waals surface area contributed by atoms with Crippen molar-refractivity contribution >= 4 is 5.91 Å². The van der Waals surface area contributed by atoms with Crippen molar-refractivity contribution in [1.29, 1.82) is 0 Å². The molecule has 0 rings (SSSR count). The maximum absolute atomic E-state index is 10.5. The molecule has 0 fully saturated rings. The summed E-state index contributed by atoms with van der Waals surface area (Å²) in [5, 5.41) is 5.63. The Balaban J connectivity index is 0. The molecule has 0 aromatic rings. The fourth-order valence-corrected chi connectivity index (χ4v) is 0.635. The smallest absolute Gasteiger partial charge is 0.221 e. The number of rotatable bonds is 3. The molecule has 0 radical (unpaired) electrons. The first-order chi connectivity index (χ1) is 4.70. The highest BCUT2D eigenvalue weighted by Gasteiger charge is 1.94. The Kier molecular flexibility index (Phi) is 4.58. The van der Waals surface area contributed by atoms with Crippen molar-refractivity contribution in [2.24, 2.45) is 0 Å². The number of hydrogen-bond acceptors (Lipinski definition) is 2. The summed E-state index contributed by atoms with van der Waals surface area (Å²) in [6, 6.07) is 0. The summed E-state index contributed by atoms with van der Waals surface area (Å²) in [6.07, 6.45) is 1.87. The van der Waals surface area contributed by atoms with Gasteiger partial charge in [-0.1, -0.05) is 6.08 Å². The van der Waals surface area contributed by atoms with Gasteiger partial charge in [-0.25, -0.2) is 0 Å². The molecule has 3 nitrogen and oxygen atoms in total. The molecule has 0 unspecified atom stereocenters. The molecule has 60 valence electrons. The van der Waals surface area contributed by atoms with Gasteiger partial charge >= 0.3 is 0 Å². The fraction of sp³-hybridized carbons (Fsp3) is 0.571. The van der Waals surface area contributed by atoms with Crippen LogP contribution in [-0.2, 0) is 4.79 Å². The zero-order valence-corrected chi connectivity index (χ0v) is 6.69. The largest absolute Gasteiger partial charge is 0.329 e. The van der Waals surface area contributed by atoms with Gasteiger partial charge in [0.05, 0.1) is 0 Å². The van der Waals surface area contributed by atoms with Crippen molar-refractivity contribution < 1.29 is 6.22 Å². The Morgan fingerprint density at radius 3 is 2.60 bits per heavy atom. The molecule has 0 bridgehead atoms. The number of likely N-dealkylation sites (N-methyl/N-ethyl adjacent to an activating group) is 1. The van der Waals surface area contributed by atoms with Crippen molar-refractivity contribution in [1.82, 2.24) is 10.6 Å². The molecule has 2 N–H and O–H groups in total. The van der Waals surface area contributed by atoms with E-state index in [1.807, 2.05) is 20.0 Å². The van der Waals surface area contributed by atoms with E-state index in [2.05, 4.69) is 10.6 Å². The van der Waals surface area contributed by atoms with Crippen LogP contribution >= 0.6 is 0 Å². The normalized spacial score (nSPS) is 11.3. The molecule has 10 heavy (non-hydrogen) atoms. The van der Waals surface area contributed by atoms with Crippen LogP contribution in [0.3, 0.4) is 0 Å². The average Bonchev–Trinajstić information content (AvgIpc) is 1.86. The molecule has 0 spiro atoms. The quantitative estimate of drug-likeness (QED) is 0.605. The minimum atomic E-state index is -0.0247. The fourth-order valence-electron chi connectivity index (χ4n) is 0.635. The summed E-state index contributed by atoms with van der Waals surface area (Å²) >= 11 is 0. The lowest BCUT2D eigenvalue weighted by atomic mass is 10.4. The van der Waals surface area contributed by atoms with Crippen LogP contribution in [-0.4, -0.2) is 19.5 Å². The molecule has 0 aliphatic rings. The zero-order chi connectivity index (χ0) is 7.98. The number of nitrogens with one attached hydrogen (secondary N) is 2. The van der Waals surface area contributed by atoms with Crippen LogP contribution in [0.15, 0.2) is 11.8 Å². The minimum Gasteiger partial charge on any atom is -0.329 e. The topological polar surface area (TPSA) is 41.1 Å². The highest BCUT2D eigenvalue weighted by molar-refractivity contribution is 5.74. The molecule has 1 amide bonds. The first kappa shape index (κ1) is 9.17. The second-order valence-corrected chi connectivity index (χ2v) is 2.03. The molecule has 0 heterocycles. The second-order valence-electron chi connectivity index (χ2n) is 2.03. The van der Waals surface area contributed by atoms with Crippen molar-refractivity contribution in [2.45, 2.75) is 13.8 Å². The summed E-state index contributed by atoms with van der Waals surface area (Å²) in [5.41, 5.74) is 0.912. The van der Waals surface area contributed by atoms with Crippen LogP contribution in [0.1, 0.15) is 15.3 Å². The van der Waals surface area contributed by atoms with E-state index in [0.717, 1.165) is 5.70 Å². The van der Waals surface area contributed by atoms with Crippen molar-refractivity contribution in [3.05, 3.63) is 11.8 Å². The highest BCUT2D eigenvalue weighted by Crippen LogP contribution is 1.84. The van der Waals surface area contributed by atoms with E-state index in [1.165, 1.54) is 6.92 Å². The molecule has 0 aliphatic heterocycles. The summed E-state index contributed by atoms with van der Waals surface area (Å²) < 4.78 is 0. The van der Waals surface area contributed by atoms with E-state index < -0.39 is 0 Å². The number of hydrogen-bond donors (Lipinski definition) is 2. The number of allylic oxidation sites excluding steroid dienone is 1. The van der Waals surface area contributed by atoms with Crippen LogP contribution in [0.4, 0.5) is 0 Å². The Labute approximate surface area is 63.0 Å². The Hall–Kier alpha value is -0.830. The van der Waals surface area contributed by atoms with Gasteiger partial charge in [-0.15, -0.1) is 0 Å². The molecule has 0 saturated heterocycles. The summed E-state index contributed by atoms with van der Waals surface area (Å²) in [7, 11) is 1.84. The maximum atomic E-state index is 10.5. The Morgan fingerprint density at radius 2 is 2.30 bits per heavy atom. The van der Waals surface area contributed by atoms with Gasteiger partial charge < -0.3 is 10.6 Å². The van der Waals surface area contributed by atoms with Crippen LogP contribution < -0.4 is 10.6 Å². The molecule has 0 aromatic heterocycles. The Bertz CT molecular complexity index is 145. The average molecular weight is 144 g/mol. The van der Waals surface area contributed by atoms with Gasteiger partial charge in [0.1, 0.15) is 0 Å². The van der Waals surface area contributed by atoms with E-state index in [1.54, 1.807) is 0 Å². The lowest BCUT2D eigenvalue weighted by Crippen LogP contribution is -2.26. The number of carbonyl (C=O) groups is 1. The Morgan fingerprint density at radius 1 is 1.70 bits per heavy atom. The first-order valence-electron chi connectivity index (χ1n) is 3.28. The third-order valence-corrected chi connectivity index (χ3v) is 1.05. The minimum absolute atomic E-state index is 0. The molecular weight excluding hydrogens is 128 g/mol. The van der Waals surface area contributed by atoms with Gasteiger partial charge in [0, 0.05) is 20.6 Å². The molecule has 0 saturated carbocycles. The molecule has 0 aromatic carbocycles. The van der Waals surface area contributed by atoms with Gasteiger partial charge in [0.15, 0.2) is 0 Å². The van der Waals surface area contributed by atoms with Crippen molar-refractivity contribution in [3.63, 3.8) is 0 Å². The van der Waals surface area contributed by atoms with Crippen LogP contribution in [0.2, 0.25) is 0 Å². The van der Waals surface area contributed by atoms with Crippen LogP contribution in [0.5, 0.6) is 0 Å². The standard InChI is InChI=1S/C7H14N2O.H2/c1-4-7(5-8-3)9-6(2)10;/h4,8H,5H2,1-3H3,(H,9,10);1H/b7-4+;. The lowest BCUT2D eigenvalue weighted by molar-refractivity contribution is -0.118. The predicted octanol–water partition coefficient (Wildman–Crippen LogP) is 0.492. The summed E-state index contributed by atoms with van der Waals surface area (Å²) in [5.74, 6) is -0.0247. The van der Waals surface area contributed by atoms with Gasteiger partial charge in [-0.05, 0) is 14.0 Å². The summed E-state index contributed by atoms with van der Waals surface area (Å²) in [4.78, 5) is 10.5. The number of carbonyl (C=O) groups excluding carboxylic acids is 1. The monoisotopic (exact) mass is 144 g/mol. The summed E-state index contributed by atoms with van der Waals surface area (Å²) in [6.45, 7) is 4.10. The van der Waals surface area contributed by atoms with Gasteiger partial charge in [0.25, 0.3) is 0 Å². The van der Waals surface area contributed by atoms with E-state index >= 15 is 0 Å². The molecule has 3 heteroatoms. The maximum Gasteiger partial charge on any atom is 0.221 e. The SMILES string of the molecule is C/C=C(\CNC)NC(C)=O.[HH]. The molecular formula is C7H16N2O. The third-order valence-electron chi connectivity index (χ3n) is 1.05. The molecule has 0 atom stereocenters. The van der Waals surface area contributed by atoms with Crippen LogP contribution in [0, 0.1) is 0 Å².